The summed E-state index contributed by atoms with van der Waals surface area (Å²) in [5, 5.41) is 6.20. The Kier molecular flexibility index (Phi) is 8.27. The van der Waals surface area contributed by atoms with E-state index in [4.69, 9.17) is 19.7 Å². The van der Waals surface area contributed by atoms with Crippen LogP contribution in [0.1, 0.15) is 11.1 Å². The van der Waals surface area contributed by atoms with Gasteiger partial charge in [0.1, 0.15) is 12.1 Å². The van der Waals surface area contributed by atoms with E-state index in [0.717, 1.165) is 28.3 Å². The van der Waals surface area contributed by atoms with E-state index in [1.54, 1.807) is 13.4 Å². The smallest absolute Gasteiger partial charge is 0.247 e. The zero-order chi connectivity index (χ0) is 30.3. The van der Waals surface area contributed by atoms with Gasteiger partial charge in [-0.3, -0.25) is 9.36 Å². The van der Waals surface area contributed by atoms with Crippen molar-refractivity contribution in [2.45, 2.75) is 13.1 Å². The number of fused-ring (bicyclic) bond motifs is 1. The molecule has 0 radical (unpaired) electrons. The molecule has 0 bridgehead atoms. The van der Waals surface area contributed by atoms with Crippen molar-refractivity contribution in [2.24, 2.45) is 0 Å². The Morgan fingerprint density at radius 1 is 0.864 bits per heavy atom. The Bertz CT molecular complexity index is 1850. The molecule has 2 aromatic heterocycles. The average Bonchev–Trinajstić information content (AvgIpc) is 3.49. The van der Waals surface area contributed by atoms with Gasteiger partial charge in [0.15, 0.2) is 17.0 Å². The van der Waals surface area contributed by atoms with Crippen LogP contribution in [0.15, 0.2) is 128 Å². The maximum Gasteiger partial charge on any atom is 0.247 e. The average molecular weight is 582 g/mol. The minimum absolute atomic E-state index is 0.286. The SMILES string of the molecule is C=CC(=O)Nc1cccc(-n2cnc3c(N(Cc4ccccc4)Cc4ccccc4)nc(Nc4ccc(OC)cc4)nc32)c1. The molecule has 0 unspecified atom stereocenters. The Morgan fingerprint density at radius 3 is 2.18 bits per heavy atom. The summed E-state index contributed by atoms with van der Waals surface area (Å²) < 4.78 is 7.22. The minimum Gasteiger partial charge on any atom is -0.497 e. The highest BCUT2D eigenvalue weighted by molar-refractivity contribution is 5.99. The molecule has 44 heavy (non-hydrogen) atoms. The van der Waals surface area contributed by atoms with E-state index in [1.165, 1.54) is 6.08 Å². The molecule has 9 heteroatoms. The van der Waals surface area contributed by atoms with Crippen molar-refractivity contribution in [1.82, 2.24) is 19.5 Å². The van der Waals surface area contributed by atoms with E-state index in [1.807, 2.05) is 89.5 Å². The van der Waals surface area contributed by atoms with Gasteiger partial charge in [0.05, 0.1) is 12.8 Å². The van der Waals surface area contributed by atoms with Gasteiger partial charge in [-0.25, -0.2) is 4.98 Å². The second-order valence-corrected chi connectivity index (χ2v) is 10.1. The molecule has 9 nitrogen and oxygen atoms in total. The molecule has 0 aliphatic carbocycles. The Morgan fingerprint density at radius 2 is 1.55 bits per heavy atom. The van der Waals surface area contributed by atoms with Crippen LogP contribution >= 0.6 is 0 Å². The van der Waals surface area contributed by atoms with Crippen LogP contribution in [-0.2, 0) is 17.9 Å². The van der Waals surface area contributed by atoms with Gasteiger partial charge in [-0.2, -0.15) is 9.97 Å². The van der Waals surface area contributed by atoms with Crippen LogP contribution in [0.3, 0.4) is 0 Å². The van der Waals surface area contributed by atoms with Crippen LogP contribution in [0.25, 0.3) is 16.9 Å². The number of nitrogens with zero attached hydrogens (tertiary/aromatic N) is 5. The molecular formula is C35H31N7O2. The van der Waals surface area contributed by atoms with E-state index in [-0.39, 0.29) is 5.91 Å². The summed E-state index contributed by atoms with van der Waals surface area (Å²) in [6, 6.07) is 35.7. The van der Waals surface area contributed by atoms with Gasteiger partial charge in [0.25, 0.3) is 0 Å². The van der Waals surface area contributed by atoms with E-state index < -0.39 is 0 Å². The molecule has 0 aliphatic heterocycles. The van der Waals surface area contributed by atoms with E-state index >= 15 is 0 Å². The maximum absolute atomic E-state index is 12.0. The van der Waals surface area contributed by atoms with Crippen LogP contribution in [-0.4, -0.2) is 32.5 Å². The van der Waals surface area contributed by atoms with Crippen molar-refractivity contribution in [1.29, 1.82) is 0 Å². The highest BCUT2D eigenvalue weighted by Crippen LogP contribution is 2.30. The van der Waals surface area contributed by atoms with Gasteiger partial charge < -0.3 is 20.3 Å². The molecule has 0 spiro atoms. The van der Waals surface area contributed by atoms with Crippen molar-refractivity contribution in [2.75, 3.05) is 22.6 Å². The topological polar surface area (TPSA) is 97.2 Å². The van der Waals surface area contributed by atoms with Crippen LogP contribution in [0, 0.1) is 0 Å². The lowest BCUT2D eigenvalue weighted by atomic mass is 10.1. The number of hydrogen-bond acceptors (Lipinski definition) is 7. The number of hydrogen-bond donors (Lipinski definition) is 2. The molecule has 0 saturated heterocycles. The van der Waals surface area contributed by atoms with Crippen LogP contribution in [0.5, 0.6) is 5.75 Å². The third-order valence-electron chi connectivity index (χ3n) is 7.03. The minimum atomic E-state index is -0.286. The number of ether oxygens (including phenoxy) is 1. The second-order valence-electron chi connectivity index (χ2n) is 10.1. The normalized spacial score (nSPS) is 10.8. The number of benzene rings is 4. The summed E-state index contributed by atoms with van der Waals surface area (Å²) in [6.45, 7) is 4.77. The molecular weight excluding hydrogens is 550 g/mol. The van der Waals surface area contributed by atoms with Crippen LogP contribution in [0.4, 0.5) is 23.1 Å². The molecule has 0 saturated carbocycles. The van der Waals surface area contributed by atoms with Crippen molar-refractivity contribution in [3.05, 3.63) is 139 Å². The van der Waals surface area contributed by atoms with Gasteiger partial charge >= 0.3 is 0 Å². The fourth-order valence-electron chi connectivity index (χ4n) is 4.89. The molecule has 1 amide bonds. The van der Waals surface area contributed by atoms with E-state index in [0.29, 0.717) is 41.7 Å². The third kappa shape index (κ3) is 6.42. The number of nitrogens with one attached hydrogen (secondary N) is 2. The maximum atomic E-state index is 12.0. The lowest BCUT2D eigenvalue weighted by Gasteiger charge is -2.25. The molecule has 0 atom stereocenters. The summed E-state index contributed by atoms with van der Waals surface area (Å²) >= 11 is 0. The van der Waals surface area contributed by atoms with Crippen molar-refractivity contribution in [3.8, 4) is 11.4 Å². The second kappa shape index (κ2) is 12.9. The quantitative estimate of drug-likeness (QED) is 0.161. The Balaban J connectivity index is 1.49. The molecule has 0 fully saturated rings. The number of methoxy groups -OCH3 is 1. The number of carbonyl (C=O) groups is 1. The molecule has 6 aromatic rings. The molecule has 0 aliphatic rings. The fraction of sp³-hybridized carbons (Fsp3) is 0.0857. The third-order valence-corrected chi connectivity index (χ3v) is 7.03. The van der Waals surface area contributed by atoms with Gasteiger partial charge in [0.2, 0.25) is 11.9 Å². The fourth-order valence-corrected chi connectivity index (χ4v) is 4.89. The van der Waals surface area contributed by atoms with Gasteiger partial charge in [-0.05, 0) is 59.7 Å². The number of carbonyl (C=O) groups excluding carboxylic acids is 1. The lowest BCUT2D eigenvalue weighted by Crippen LogP contribution is -2.24. The zero-order valence-corrected chi connectivity index (χ0v) is 24.2. The number of amides is 1. The Hall–Kier alpha value is -5.96. The predicted octanol–water partition coefficient (Wildman–Crippen LogP) is 6.90. The summed E-state index contributed by atoms with van der Waals surface area (Å²) in [7, 11) is 1.64. The predicted molar refractivity (Wildman–Crippen MR) is 175 cm³/mol. The van der Waals surface area contributed by atoms with Crippen molar-refractivity contribution >= 4 is 40.2 Å². The van der Waals surface area contributed by atoms with Crippen LogP contribution < -0.4 is 20.3 Å². The summed E-state index contributed by atoms with van der Waals surface area (Å²) in [4.78, 5) is 29.0. The van der Waals surface area contributed by atoms with Crippen molar-refractivity contribution in [3.63, 3.8) is 0 Å². The Labute approximate surface area is 255 Å². The standard InChI is InChI=1S/C35H31N7O2/c1-3-31(43)37-28-15-10-16-29(21-28)42-24-36-32-33(39-35(40-34(32)42)38-27-17-19-30(44-2)20-18-27)41(22-25-11-6-4-7-12-25)23-26-13-8-5-9-14-26/h3-21,24H,1,22-23H2,2H3,(H,37,43)(H,38,39,40). The molecule has 218 valence electrons. The molecule has 2 heterocycles. The van der Waals surface area contributed by atoms with E-state index in [9.17, 15) is 4.79 Å². The van der Waals surface area contributed by atoms with Gasteiger partial charge in [0, 0.05) is 24.5 Å². The first-order valence-corrected chi connectivity index (χ1v) is 14.1. The number of anilines is 4. The van der Waals surface area contributed by atoms with Gasteiger partial charge in [-0.1, -0.05) is 73.3 Å². The molecule has 6 rings (SSSR count). The number of imidazole rings is 1. The highest BCUT2D eigenvalue weighted by atomic mass is 16.5. The van der Waals surface area contributed by atoms with Crippen molar-refractivity contribution < 1.29 is 9.53 Å². The van der Waals surface area contributed by atoms with E-state index in [2.05, 4.69) is 46.4 Å². The largest absolute Gasteiger partial charge is 0.497 e. The first kappa shape index (κ1) is 28.2. The first-order valence-electron chi connectivity index (χ1n) is 14.1. The van der Waals surface area contributed by atoms with Gasteiger partial charge in [-0.15, -0.1) is 0 Å². The highest BCUT2D eigenvalue weighted by Gasteiger charge is 2.21. The number of rotatable bonds is 11. The first-order chi connectivity index (χ1) is 21.6. The summed E-state index contributed by atoms with van der Waals surface area (Å²) in [5.41, 5.74) is 5.79. The van der Waals surface area contributed by atoms with Crippen LogP contribution in [0.2, 0.25) is 0 Å². The summed E-state index contributed by atoms with van der Waals surface area (Å²) in [6.07, 6.45) is 2.97. The zero-order valence-electron chi connectivity index (χ0n) is 24.2. The molecule has 2 N–H and O–H groups in total. The number of aromatic nitrogens is 4. The molecule has 4 aromatic carbocycles. The monoisotopic (exact) mass is 581 g/mol. The summed E-state index contributed by atoms with van der Waals surface area (Å²) in [5.74, 6) is 1.58. The lowest BCUT2D eigenvalue weighted by molar-refractivity contribution is -0.111.